The molecular weight excluding hydrogens is 284 g/mol. The van der Waals surface area contributed by atoms with Gasteiger partial charge in [-0.05, 0) is 46.5 Å². The van der Waals surface area contributed by atoms with Crippen molar-refractivity contribution in [2.75, 3.05) is 18.9 Å². The van der Waals surface area contributed by atoms with E-state index in [2.05, 4.69) is 21.2 Å². The van der Waals surface area contributed by atoms with Crippen molar-refractivity contribution in [1.29, 1.82) is 0 Å². The predicted octanol–water partition coefficient (Wildman–Crippen LogP) is 1.78. The molecule has 0 spiro atoms. The molecule has 1 aromatic rings. The Bertz CT molecular complexity index is 396. The van der Waals surface area contributed by atoms with Gasteiger partial charge in [-0.1, -0.05) is 6.92 Å². The van der Waals surface area contributed by atoms with E-state index in [9.17, 15) is 4.79 Å². The summed E-state index contributed by atoms with van der Waals surface area (Å²) in [7, 11) is 0. The maximum Gasteiger partial charge on any atom is 0.251 e. The molecule has 1 rings (SSSR count). The second-order valence-electron chi connectivity index (χ2n) is 4.06. The Morgan fingerprint density at radius 2 is 2.29 bits per heavy atom. The van der Waals surface area contributed by atoms with E-state index < -0.39 is 0 Å². The summed E-state index contributed by atoms with van der Waals surface area (Å²) in [6, 6.07) is 5.07. The van der Waals surface area contributed by atoms with Crippen molar-refractivity contribution in [3.8, 4) is 0 Å². The van der Waals surface area contributed by atoms with E-state index in [0.717, 1.165) is 0 Å². The van der Waals surface area contributed by atoms with Crippen LogP contribution in [-0.2, 0) is 0 Å². The summed E-state index contributed by atoms with van der Waals surface area (Å²) in [6.45, 7) is 2.68. The van der Waals surface area contributed by atoms with Gasteiger partial charge in [0.25, 0.3) is 5.91 Å². The molecule has 4 nitrogen and oxygen atoms in total. The highest BCUT2D eigenvalue weighted by Gasteiger charge is 2.08. The highest BCUT2D eigenvalue weighted by molar-refractivity contribution is 9.10. The molecule has 0 fully saturated rings. The number of halogens is 1. The van der Waals surface area contributed by atoms with Crippen molar-refractivity contribution in [1.82, 2.24) is 5.32 Å². The lowest BCUT2D eigenvalue weighted by Gasteiger charge is -2.11. The van der Waals surface area contributed by atoms with E-state index in [1.165, 1.54) is 0 Å². The average Bonchev–Trinajstić information content (AvgIpc) is 2.30. The smallest absolute Gasteiger partial charge is 0.251 e. The molecule has 0 radical (unpaired) electrons. The minimum absolute atomic E-state index is 0.129. The van der Waals surface area contributed by atoms with Crippen LogP contribution in [0.3, 0.4) is 0 Å². The Balaban J connectivity index is 2.55. The Morgan fingerprint density at radius 1 is 1.59 bits per heavy atom. The molecule has 1 unspecified atom stereocenters. The quantitative estimate of drug-likeness (QED) is 0.726. The third-order valence-corrected chi connectivity index (χ3v) is 3.18. The molecule has 4 N–H and O–H groups in total. The van der Waals surface area contributed by atoms with Gasteiger partial charge in [-0.2, -0.15) is 0 Å². The van der Waals surface area contributed by atoms with Crippen molar-refractivity contribution in [3.05, 3.63) is 28.2 Å². The van der Waals surface area contributed by atoms with Crippen LogP contribution in [0, 0.1) is 5.92 Å². The first kappa shape index (κ1) is 14.0. The molecule has 5 heteroatoms. The lowest BCUT2D eigenvalue weighted by atomic mass is 10.1. The monoisotopic (exact) mass is 300 g/mol. The standard InChI is InChI=1S/C12H17BrN2O2/c1-8(4-5-16)7-15-12(17)9-2-3-11(14)10(13)6-9/h2-3,6,8,16H,4-5,7,14H2,1H3,(H,15,17). The first-order chi connectivity index (χ1) is 8.04. The number of rotatable bonds is 5. The third kappa shape index (κ3) is 4.36. The van der Waals surface area contributed by atoms with Crippen molar-refractivity contribution < 1.29 is 9.90 Å². The zero-order valence-corrected chi connectivity index (χ0v) is 11.3. The Labute approximate surface area is 109 Å². The summed E-state index contributed by atoms with van der Waals surface area (Å²) in [6.07, 6.45) is 0.686. The summed E-state index contributed by atoms with van der Waals surface area (Å²) < 4.78 is 0.716. The van der Waals surface area contributed by atoms with E-state index in [0.29, 0.717) is 28.7 Å². The predicted molar refractivity (Wildman–Crippen MR) is 71.8 cm³/mol. The number of nitrogen functional groups attached to an aromatic ring is 1. The van der Waals surface area contributed by atoms with Crippen LogP contribution in [0.2, 0.25) is 0 Å². The number of benzene rings is 1. The van der Waals surface area contributed by atoms with Crippen molar-refractivity contribution in [3.63, 3.8) is 0 Å². The van der Waals surface area contributed by atoms with Crippen LogP contribution >= 0.6 is 15.9 Å². The Morgan fingerprint density at radius 3 is 2.88 bits per heavy atom. The number of anilines is 1. The number of hydrogen-bond acceptors (Lipinski definition) is 3. The fourth-order valence-electron chi connectivity index (χ4n) is 1.36. The van der Waals surface area contributed by atoms with Gasteiger partial charge in [0, 0.05) is 28.9 Å². The molecule has 0 aliphatic carbocycles. The van der Waals surface area contributed by atoms with Crippen LogP contribution in [-0.4, -0.2) is 24.2 Å². The van der Waals surface area contributed by atoms with Crippen molar-refractivity contribution >= 4 is 27.5 Å². The summed E-state index contributed by atoms with van der Waals surface area (Å²) in [5.74, 6) is 0.136. The topological polar surface area (TPSA) is 75.3 Å². The molecule has 94 valence electrons. The number of hydrogen-bond donors (Lipinski definition) is 3. The lowest BCUT2D eigenvalue weighted by molar-refractivity contribution is 0.0945. The fraction of sp³-hybridized carbons (Fsp3) is 0.417. The van der Waals surface area contributed by atoms with Crippen LogP contribution in [0.1, 0.15) is 23.7 Å². The van der Waals surface area contributed by atoms with Gasteiger partial charge in [0.15, 0.2) is 0 Å². The second kappa shape index (κ2) is 6.61. The number of carbonyl (C=O) groups excluding carboxylic acids is 1. The maximum absolute atomic E-state index is 11.8. The summed E-state index contributed by atoms with van der Waals surface area (Å²) in [5, 5.41) is 11.6. The van der Waals surface area contributed by atoms with E-state index in [4.69, 9.17) is 10.8 Å². The number of aliphatic hydroxyl groups excluding tert-OH is 1. The van der Waals surface area contributed by atoms with E-state index in [1.54, 1.807) is 18.2 Å². The van der Waals surface area contributed by atoms with Crippen molar-refractivity contribution in [2.45, 2.75) is 13.3 Å². The average molecular weight is 301 g/mol. The summed E-state index contributed by atoms with van der Waals surface area (Å²) in [5.41, 5.74) is 6.82. The zero-order valence-electron chi connectivity index (χ0n) is 9.74. The fourth-order valence-corrected chi connectivity index (χ4v) is 1.74. The van der Waals surface area contributed by atoms with Gasteiger partial charge in [0.05, 0.1) is 0 Å². The molecule has 0 heterocycles. The van der Waals surface area contributed by atoms with Gasteiger partial charge in [0.2, 0.25) is 0 Å². The first-order valence-electron chi connectivity index (χ1n) is 5.48. The molecule has 0 saturated heterocycles. The van der Waals surface area contributed by atoms with Crippen LogP contribution < -0.4 is 11.1 Å². The van der Waals surface area contributed by atoms with Gasteiger partial charge in [-0.15, -0.1) is 0 Å². The molecule has 0 aromatic heterocycles. The largest absolute Gasteiger partial charge is 0.398 e. The van der Waals surface area contributed by atoms with Crippen LogP contribution in [0.4, 0.5) is 5.69 Å². The number of amides is 1. The SMILES string of the molecule is CC(CCO)CNC(=O)c1ccc(N)c(Br)c1. The highest BCUT2D eigenvalue weighted by Crippen LogP contribution is 2.20. The molecular formula is C12H17BrN2O2. The number of nitrogens with one attached hydrogen (secondary N) is 1. The number of aliphatic hydroxyl groups is 1. The minimum Gasteiger partial charge on any atom is -0.398 e. The number of nitrogens with two attached hydrogens (primary N) is 1. The van der Waals surface area contributed by atoms with E-state index in [1.807, 2.05) is 6.92 Å². The van der Waals surface area contributed by atoms with E-state index >= 15 is 0 Å². The first-order valence-corrected chi connectivity index (χ1v) is 6.28. The minimum atomic E-state index is -0.129. The van der Waals surface area contributed by atoms with Crippen molar-refractivity contribution in [2.24, 2.45) is 5.92 Å². The second-order valence-corrected chi connectivity index (χ2v) is 4.92. The van der Waals surface area contributed by atoms with Crippen LogP contribution in [0.5, 0.6) is 0 Å². The molecule has 0 bridgehead atoms. The maximum atomic E-state index is 11.8. The molecule has 17 heavy (non-hydrogen) atoms. The van der Waals surface area contributed by atoms with Gasteiger partial charge in [-0.25, -0.2) is 0 Å². The normalized spacial score (nSPS) is 12.2. The molecule has 1 atom stereocenters. The lowest BCUT2D eigenvalue weighted by Crippen LogP contribution is -2.28. The molecule has 1 aromatic carbocycles. The van der Waals surface area contributed by atoms with E-state index in [-0.39, 0.29) is 18.4 Å². The molecule has 0 saturated carbocycles. The van der Waals surface area contributed by atoms with Crippen LogP contribution in [0.25, 0.3) is 0 Å². The Kier molecular flexibility index (Phi) is 5.44. The van der Waals surface area contributed by atoms with Gasteiger partial charge in [-0.3, -0.25) is 4.79 Å². The van der Waals surface area contributed by atoms with Gasteiger partial charge >= 0.3 is 0 Å². The molecule has 0 aliphatic heterocycles. The highest BCUT2D eigenvalue weighted by atomic mass is 79.9. The Hall–Kier alpha value is -1.07. The zero-order chi connectivity index (χ0) is 12.8. The molecule has 0 aliphatic rings. The summed E-state index contributed by atoms with van der Waals surface area (Å²) >= 11 is 3.28. The number of carbonyl (C=O) groups is 1. The van der Waals surface area contributed by atoms with Crippen LogP contribution in [0.15, 0.2) is 22.7 Å². The summed E-state index contributed by atoms with van der Waals surface area (Å²) in [4.78, 5) is 11.8. The van der Waals surface area contributed by atoms with Gasteiger partial charge in [0.1, 0.15) is 0 Å². The van der Waals surface area contributed by atoms with Gasteiger partial charge < -0.3 is 16.2 Å². The molecule has 1 amide bonds. The third-order valence-electron chi connectivity index (χ3n) is 2.50.